The largest absolute Gasteiger partial charge is 0.490 e. The fraction of sp³-hybridized carbons (Fsp3) is 0.471. The minimum absolute atomic E-state index is 0.103. The van der Waals surface area contributed by atoms with Gasteiger partial charge in [0.2, 0.25) is 10.0 Å². The van der Waals surface area contributed by atoms with Crippen LogP contribution in [0.25, 0.3) is 0 Å². The number of rotatable bonds is 3. The molecular formula is C17H22N4O4S. The summed E-state index contributed by atoms with van der Waals surface area (Å²) in [7, 11) is -1.65. The van der Waals surface area contributed by atoms with Gasteiger partial charge in [-0.3, -0.25) is 4.90 Å². The first-order chi connectivity index (χ1) is 12.6. The molecule has 140 valence electrons. The highest BCUT2D eigenvalue weighted by Gasteiger charge is 2.35. The van der Waals surface area contributed by atoms with Gasteiger partial charge in [-0.15, -0.1) is 0 Å². The second-order valence-corrected chi connectivity index (χ2v) is 8.43. The van der Waals surface area contributed by atoms with E-state index < -0.39 is 10.0 Å². The van der Waals surface area contributed by atoms with Crippen LogP contribution in [0.15, 0.2) is 35.5 Å². The molecule has 0 unspecified atom stereocenters. The summed E-state index contributed by atoms with van der Waals surface area (Å²) in [4.78, 5) is 9.71. The van der Waals surface area contributed by atoms with Gasteiger partial charge in [-0.1, -0.05) is 0 Å². The standard InChI is InChI=1S/C17H22N4O4S/c1-20-7-8-21(12-14(20)17-18-5-6-19-17)26(22,23)13-3-4-15-16(11-13)25-10-2-9-24-15/h3-6,11,14H,2,7-10,12H2,1H3,(H,18,19)/t14-/m1/s1. The molecule has 4 rings (SSSR count). The lowest BCUT2D eigenvalue weighted by atomic mass is 10.2. The van der Waals surface area contributed by atoms with Gasteiger partial charge in [0.15, 0.2) is 11.5 Å². The highest BCUT2D eigenvalue weighted by molar-refractivity contribution is 7.89. The van der Waals surface area contributed by atoms with E-state index in [2.05, 4.69) is 14.9 Å². The summed E-state index contributed by atoms with van der Waals surface area (Å²) in [5, 5.41) is 0. The molecular weight excluding hydrogens is 356 g/mol. The number of benzene rings is 1. The average Bonchev–Trinajstić information content (AvgIpc) is 3.06. The van der Waals surface area contributed by atoms with E-state index in [0.29, 0.717) is 44.3 Å². The van der Waals surface area contributed by atoms with E-state index in [0.717, 1.165) is 12.2 Å². The van der Waals surface area contributed by atoms with Crippen LogP contribution >= 0.6 is 0 Å². The lowest BCUT2D eigenvalue weighted by Crippen LogP contribution is -2.49. The molecule has 1 aromatic heterocycles. The zero-order valence-electron chi connectivity index (χ0n) is 14.6. The smallest absolute Gasteiger partial charge is 0.243 e. The number of nitrogens with one attached hydrogen (secondary N) is 1. The molecule has 2 aromatic rings. The van der Waals surface area contributed by atoms with Crippen molar-refractivity contribution < 1.29 is 17.9 Å². The maximum atomic E-state index is 13.2. The van der Waals surface area contributed by atoms with Gasteiger partial charge in [-0.05, 0) is 19.2 Å². The third kappa shape index (κ3) is 3.17. The molecule has 0 spiro atoms. The molecule has 9 heteroatoms. The number of hydrogen-bond donors (Lipinski definition) is 1. The zero-order valence-corrected chi connectivity index (χ0v) is 15.4. The zero-order chi connectivity index (χ0) is 18.1. The molecule has 3 heterocycles. The summed E-state index contributed by atoms with van der Waals surface area (Å²) in [5.41, 5.74) is 0. The molecule has 1 atom stereocenters. The van der Waals surface area contributed by atoms with Crippen LogP contribution in [0.1, 0.15) is 18.3 Å². The Morgan fingerprint density at radius 2 is 2.00 bits per heavy atom. The van der Waals surface area contributed by atoms with Gasteiger partial charge in [0.05, 0.1) is 24.2 Å². The number of sulfonamides is 1. The number of fused-ring (bicyclic) bond motifs is 1. The Labute approximate surface area is 152 Å². The van der Waals surface area contributed by atoms with Crippen LogP contribution in [-0.4, -0.2) is 67.5 Å². The molecule has 2 aliphatic rings. The molecule has 0 bridgehead atoms. The van der Waals surface area contributed by atoms with E-state index >= 15 is 0 Å². The number of hydrogen-bond acceptors (Lipinski definition) is 6. The van der Waals surface area contributed by atoms with Crippen LogP contribution in [0, 0.1) is 0 Å². The third-order valence-corrected chi connectivity index (χ3v) is 6.66. The number of piperazine rings is 1. The number of nitrogens with zero attached hydrogens (tertiary/aromatic N) is 3. The van der Waals surface area contributed by atoms with Crippen molar-refractivity contribution in [2.75, 3.05) is 39.9 Å². The van der Waals surface area contributed by atoms with Gasteiger partial charge in [-0.25, -0.2) is 13.4 Å². The fourth-order valence-electron chi connectivity index (χ4n) is 3.28. The molecule has 26 heavy (non-hydrogen) atoms. The SMILES string of the molecule is CN1CCN(S(=O)(=O)c2ccc3c(c2)OCCCO3)C[C@@H]1c1ncc[nH]1. The molecule has 1 N–H and O–H groups in total. The van der Waals surface area contributed by atoms with Gasteiger partial charge in [-0.2, -0.15) is 4.31 Å². The van der Waals surface area contributed by atoms with E-state index in [4.69, 9.17) is 9.47 Å². The van der Waals surface area contributed by atoms with Gasteiger partial charge in [0.25, 0.3) is 0 Å². The van der Waals surface area contributed by atoms with Crippen LogP contribution in [-0.2, 0) is 10.0 Å². The number of imidazole rings is 1. The van der Waals surface area contributed by atoms with Crippen molar-refractivity contribution in [2.24, 2.45) is 0 Å². The predicted molar refractivity (Wildman–Crippen MR) is 94.8 cm³/mol. The van der Waals surface area contributed by atoms with Crippen LogP contribution in [0.3, 0.4) is 0 Å². The molecule has 0 radical (unpaired) electrons. The van der Waals surface area contributed by atoms with Gasteiger partial charge in [0.1, 0.15) is 5.82 Å². The van der Waals surface area contributed by atoms with Crippen molar-refractivity contribution in [3.05, 3.63) is 36.4 Å². The first-order valence-electron chi connectivity index (χ1n) is 8.65. The van der Waals surface area contributed by atoms with Crippen LogP contribution < -0.4 is 9.47 Å². The lowest BCUT2D eigenvalue weighted by Gasteiger charge is -2.37. The highest BCUT2D eigenvalue weighted by Crippen LogP contribution is 2.34. The number of ether oxygens (including phenoxy) is 2. The monoisotopic (exact) mass is 378 g/mol. The van der Waals surface area contributed by atoms with Crippen molar-refractivity contribution in [3.8, 4) is 11.5 Å². The normalized spacial score (nSPS) is 22.1. The maximum absolute atomic E-state index is 13.2. The van der Waals surface area contributed by atoms with Gasteiger partial charge in [0, 0.05) is 44.5 Å². The number of aromatic amines is 1. The third-order valence-electron chi connectivity index (χ3n) is 4.80. The van der Waals surface area contributed by atoms with Crippen molar-refractivity contribution in [1.82, 2.24) is 19.2 Å². The second-order valence-electron chi connectivity index (χ2n) is 6.49. The quantitative estimate of drug-likeness (QED) is 0.865. The topological polar surface area (TPSA) is 87.8 Å². The fourth-order valence-corrected chi connectivity index (χ4v) is 4.73. The Hall–Kier alpha value is -2.10. The predicted octanol–water partition coefficient (Wildman–Crippen LogP) is 1.25. The molecule has 1 saturated heterocycles. The van der Waals surface area contributed by atoms with Crippen molar-refractivity contribution >= 4 is 10.0 Å². The Balaban J connectivity index is 1.61. The van der Waals surface area contributed by atoms with E-state index in [1.54, 1.807) is 30.6 Å². The van der Waals surface area contributed by atoms with Crippen molar-refractivity contribution in [1.29, 1.82) is 0 Å². The second kappa shape index (κ2) is 6.90. The molecule has 8 nitrogen and oxygen atoms in total. The van der Waals surface area contributed by atoms with Crippen LogP contribution in [0.2, 0.25) is 0 Å². The summed E-state index contributed by atoms with van der Waals surface area (Å²) in [6.07, 6.45) is 4.21. The number of H-pyrrole nitrogens is 1. The molecule has 1 fully saturated rings. The van der Waals surface area contributed by atoms with E-state index in [9.17, 15) is 8.42 Å². The number of aromatic nitrogens is 2. The van der Waals surface area contributed by atoms with Gasteiger partial charge >= 0.3 is 0 Å². The minimum Gasteiger partial charge on any atom is -0.490 e. The summed E-state index contributed by atoms with van der Waals surface area (Å²) < 4.78 is 39.1. The van der Waals surface area contributed by atoms with Crippen molar-refractivity contribution in [3.63, 3.8) is 0 Å². The van der Waals surface area contributed by atoms with E-state index in [1.165, 1.54) is 4.31 Å². The molecule has 2 aliphatic heterocycles. The number of likely N-dealkylation sites (N-methyl/N-ethyl adjacent to an activating group) is 1. The summed E-state index contributed by atoms with van der Waals surface area (Å²) in [5.74, 6) is 1.85. The van der Waals surface area contributed by atoms with E-state index in [-0.39, 0.29) is 10.9 Å². The maximum Gasteiger partial charge on any atom is 0.243 e. The molecule has 0 amide bonds. The minimum atomic E-state index is -3.63. The Kier molecular flexibility index (Phi) is 4.60. The summed E-state index contributed by atoms with van der Waals surface area (Å²) >= 11 is 0. The van der Waals surface area contributed by atoms with E-state index in [1.807, 2.05) is 7.05 Å². The van der Waals surface area contributed by atoms with Crippen molar-refractivity contribution in [2.45, 2.75) is 17.4 Å². The molecule has 0 saturated carbocycles. The summed E-state index contributed by atoms with van der Waals surface area (Å²) in [6, 6.07) is 4.72. The lowest BCUT2D eigenvalue weighted by molar-refractivity contribution is 0.142. The average molecular weight is 378 g/mol. The molecule has 1 aromatic carbocycles. The van der Waals surface area contributed by atoms with Crippen LogP contribution in [0.4, 0.5) is 0 Å². The van der Waals surface area contributed by atoms with Gasteiger partial charge < -0.3 is 14.5 Å². The first kappa shape index (κ1) is 17.3. The highest BCUT2D eigenvalue weighted by atomic mass is 32.2. The summed E-state index contributed by atoms with van der Waals surface area (Å²) in [6.45, 7) is 2.51. The Bertz CT molecular complexity index is 869. The van der Waals surface area contributed by atoms with Crippen LogP contribution in [0.5, 0.6) is 11.5 Å². The first-order valence-corrected chi connectivity index (χ1v) is 10.1. The Morgan fingerprint density at radius 3 is 2.77 bits per heavy atom. The molecule has 0 aliphatic carbocycles. The Morgan fingerprint density at radius 1 is 1.19 bits per heavy atom.